The van der Waals surface area contributed by atoms with Crippen LogP contribution in [0.2, 0.25) is 0 Å². The van der Waals surface area contributed by atoms with Gasteiger partial charge in [-0.2, -0.15) is 5.26 Å². The van der Waals surface area contributed by atoms with Crippen LogP contribution in [0, 0.1) is 18.3 Å². The van der Waals surface area contributed by atoms with Gasteiger partial charge < -0.3 is 5.11 Å². The van der Waals surface area contributed by atoms with Crippen LogP contribution in [0.4, 0.5) is 0 Å². The van der Waals surface area contributed by atoms with Crippen LogP contribution < -0.4 is 0 Å². The molecule has 110 valence electrons. The van der Waals surface area contributed by atoms with Gasteiger partial charge in [0.25, 0.3) is 0 Å². The first kappa shape index (κ1) is 15.0. The Morgan fingerprint density at radius 2 is 2.18 bits per heavy atom. The molecule has 1 N–H and O–H groups in total. The Morgan fingerprint density at radius 1 is 1.36 bits per heavy atom. The molecule has 0 saturated carbocycles. The van der Waals surface area contributed by atoms with E-state index in [1.807, 2.05) is 36.6 Å². The number of nitrogens with zero attached hydrogens (tertiary/aromatic N) is 3. The van der Waals surface area contributed by atoms with E-state index < -0.39 is 0 Å². The van der Waals surface area contributed by atoms with E-state index in [-0.39, 0.29) is 11.3 Å². The number of rotatable bonds is 4. The van der Waals surface area contributed by atoms with Crippen molar-refractivity contribution in [3.8, 4) is 6.07 Å². The van der Waals surface area contributed by atoms with Gasteiger partial charge in [-0.1, -0.05) is 23.9 Å². The number of para-hydroxylation sites is 1. The number of aliphatic hydroxyl groups excluding tert-OH is 1. The number of aromatic nitrogens is 2. The summed E-state index contributed by atoms with van der Waals surface area (Å²) in [5.74, 6) is 0.352. The number of allylic oxidation sites excluding steroid dienone is 1. The number of hydrogen-bond donors (Lipinski definition) is 1. The molecule has 3 aromatic rings. The van der Waals surface area contributed by atoms with Gasteiger partial charge in [0, 0.05) is 11.1 Å². The summed E-state index contributed by atoms with van der Waals surface area (Å²) in [6, 6.07) is 9.76. The van der Waals surface area contributed by atoms with Crippen molar-refractivity contribution in [3.63, 3.8) is 0 Å². The van der Waals surface area contributed by atoms with Gasteiger partial charge in [0.15, 0.2) is 4.34 Å². The molecule has 0 atom stereocenters. The van der Waals surface area contributed by atoms with Gasteiger partial charge in [0.2, 0.25) is 0 Å². The summed E-state index contributed by atoms with van der Waals surface area (Å²) < 4.78 is 1.88. The smallest absolute Gasteiger partial charge is 0.150 e. The van der Waals surface area contributed by atoms with E-state index in [0.29, 0.717) is 10.8 Å². The van der Waals surface area contributed by atoms with Crippen molar-refractivity contribution in [2.24, 2.45) is 0 Å². The molecule has 2 aromatic heterocycles. The highest BCUT2D eigenvalue weighted by molar-refractivity contribution is 8.01. The Hall–Kier alpha value is -1.88. The van der Waals surface area contributed by atoms with Crippen molar-refractivity contribution >= 4 is 50.2 Å². The monoisotopic (exact) mass is 345 g/mol. The number of hydrogen-bond acceptors (Lipinski definition) is 7. The largest absolute Gasteiger partial charge is 0.510 e. The molecule has 0 amide bonds. The second kappa shape index (κ2) is 6.48. The quantitative estimate of drug-likeness (QED) is 0.423. The Labute approximate surface area is 139 Å². The number of nitriles is 1. The molecule has 4 nitrogen and oxygen atoms in total. The van der Waals surface area contributed by atoms with Gasteiger partial charge in [-0.05, 0) is 19.1 Å². The molecule has 0 aliphatic carbocycles. The van der Waals surface area contributed by atoms with Gasteiger partial charge in [-0.25, -0.2) is 9.97 Å². The highest BCUT2D eigenvalue weighted by atomic mass is 32.2. The van der Waals surface area contributed by atoms with Crippen molar-refractivity contribution in [3.05, 3.63) is 46.1 Å². The second-order valence-electron chi connectivity index (χ2n) is 4.46. The molecule has 0 spiro atoms. The molecular formula is C15H11N3OS3. The Bertz CT molecular complexity index is 856. The third kappa shape index (κ3) is 3.14. The molecule has 2 heterocycles. The molecular weight excluding hydrogens is 334 g/mol. The zero-order valence-corrected chi connectivity index (χ0v) is 14.1. The van der Waals surface area contributed by atoms with E-state index in [2.05, 4.69) is 16.0 Å². The topological polar surface area (TPSA) is 69.8 Å². The first-order valence-corrected chi connectivity index (χ1v) is 9.08. The minimum atomic E-state index is 0.0411. The summed E-state index contributed by atoms with van der Waals surface area (Å²) in [7, 11) is 0. The summed E-state index contributed by atoms with van der Waals surface area (Å²) in [6.07, 6.45) is 0. The van der Waals surface area contributed by atoms with Crippen molar-refractivity contribution in [1.29, 1.82) is 5.26 Å². The predicted molar refractivity (Wildman–Crippen MR) is 92.4 cm³/mol. The average molecular weight is 345 g/mol. The van der Waals surface area contributed by atoms with Crippen molar-refractivity contribution in [2.75, 3.05) is 5.75 Å². The predicted octanol–water partition coefficient (Wildman–Crippen LogP) is 4.65. The van der Waals surface area contributed by atoms with E-state index in [4.69, 9.17) is 0 Å². The molecule has 7 heteroatoms. The standard InChI is InChI=1S/C15H11N3OS3/c1-9-7-20-15(17-9)21-8-12(19)10(6-16)14-18-11-4-2-3-5-13(11)22-14/h2-5,7,19H,8H2,1H3/b12-10-. The molecule has 0 fully saturated rings. The van der Waals surface area contributed by atoms with Crippen LogP contribution in [-0.4, -0.2) is 20.8 Å². The molecule has 22 heavy (non-hydrogen) atoms. The lowest BCUT2D eigenvalue weighted by atomic mass is 10.2. The number of thioether (sulfide) groups is 1. The molecule has 3 rings (SSSR count). The fourth-order valence-electron chi connectivity index (χ4n) is 1.82. The van der Waals surface area contributed by atoms with Crippen LogP contribution >= 0.6 is 34.4 Å². The van der Waals surface area contributed by atoms with Gasteiger partial charge in [0.05, 0.1) is 16.0 Å². The van der Waals surface area contributed by atoms with Crippen LogP contribution in [-0.2, 0) is 0 Å². The summed E-state index contributed by atoms with van der Waals surface area (Å²) in [5, 5.41) is 22.1. The fourth-order valence-corrected chi connectivity index (χ4v) is 4.53. The summed E-state index contributed by atoms with van der Waals surface area (Å²) in [4.78, 5) is 8.75. The van der Waals surface area contributed by atoms with E-state index in [1.165, 1.54) is 34.4 Å². The van der Waals surface area contributed by atoms with Crippen molar-refractivity contribution in [2.45, 2.75) is 11.3 Å². The molecule has 1 aromatic carbocycles. The number of aryl methyl sites for hydroxylation is 1. The highest BCUT2D eigenvalue weighted by Gasteiger charge is 2.14. The third-order valence-corrected chi connectivity index (χ3v) is 6.04. The first-order valence-electron chi connectivity index (χ1n) is 6.40. The minimum Gasteiger partial charge on any atom is -0.510 e. The van der Waals surface area contributed by atoms with Crippen molar-refractivity contribution < 1.29 is 5.11 Å². The summed E-state index contributed by atoms with van der Waals surface area (Å²) in [6.45, 7) is 1.93. The van der Waals surface area contributed by atoms with E-state index in [9.17, 15) is 10.4 Å². The average Bonchev–Trinajstić information content (AvgIpc) is 3.11. The van der Waals surface area contributed by atoms with E-state index in [0.717, 1.165) is 20.3 Å². The maximum absolute atomic E-state index is 10.2. The summed E-state index contributed by atoms with van der Waals surface area (Å²) >= 11 is 4.36. The SMILES string of the molecule is Cc1csc(SC/C(O)=C(\C#N)c2nc3ccccc3s2)n1. The van der Waals surface area contributed by atoms with Gasteiger partial charge >= 0.3 is 0 Å². The van der Waals surface area contributed by atoms with Gasteiger partial charge in [-0.15, -0.1) is 22.7 Å². The lowest BCUT2D eigenvalue weighted by molar-refractivity contribution is 0.421. The van der Waals surface area contributed by atoms with Crippen molar-refractivity contribution in [1.82, 2.24) is 9.97 Å². The van der Waals surface area contributed by atoms with Crippen LogP contribution in [0.15, 0.2) is 39.7 Å². The zero-order valence-electron chi connectivity index (χ0n) is 11.6. The normalized spacial score (nSPS) is 12.2. The van der Waals surface area contributed by atoms with Gasteiger partial charge in [0.1, 0.15) is 22.4 Å². The lowest BCUT2D eigenvalue weighted by Crippen LogP contribution is -1.92. The lowest BCUT2D eigenvalue weighted by Gasteiger charge is -2.00. The van der Waals surface area contributed by atoms with Crippen LogP contribution in [0.1, 0.15) is 10.7 Å². The Morgan fingerprint density at radius 3 is 2.86 bits per heavy atom. The summed E-state index contributed by atoms with van der Waals surface area (Å²) in [5.41, 5.74) is 2.04. The number of aliphatic hydroxyl groups is 1. The van der Waals surface area contributed by atoms with E-state index >= 15 is 0 Å². The fraction of sp³-hybridized carbons (Fsp3) is 0.133. The number of thiazole rings is 2. The highest BCUT2D eigenvalue weighted by Crippen LogP contribution is 2.30. The van der Waals surface area contributed by atoms with Crippen LogP contribution in [0.3, 0.4) is 0 Å². The second-order valence-corrected chi connectivity index (χ2v) is 7.57. The number of benzene rings is 1. The van der Waals surface area contributed by atoms with Gasteiger partial charge in [-0.3, -0.25) is 0 Å². The molecule has 0 unspecified atom stereocenters. The molecule has 0 aliphatic rings. The first-order chi connectivity index (χ1) is 10.7. The maximum atomic E-state index is 10.2. The minimum absolute atomic E-state index is 0.0411. The van der Waals surface area contributed by atoms with Crippen LogP contribution in [0.25, 0.3) is 15.8 Å². The third-order valence-electron chi connectivity index (χ3n) is 2.84. The van der Waals surface area contributed by atoms with E-state index in [1.54, 1.807) is 0 Å². The molecule has 0 aliphatic heterocycles. The molecule has 0 bridgehead atoms. The molecule has 0 radical (unpaired) electrons. The molecule has 0 saturated heterocycles. The maximum Gasteiger partial charge on any atom is 0.150 e. The Balaban J connectivity index is 1.86. The number of fused-ring (bicyclic) bond motifs is 1. The zero-order chi connectivity index (χ0) is 15.5. The van der Waals surface area contributed by atoms with Crippen LogP contribution in [0.5, 0.6) is 0 Å². The Kier molecular flexibility index (Phi) is 4.43.